The zero-order valence-electron chi connectivity index (χ0n) is 10.6. The summed E-state index contributed by atoms with van der Waals surface area (Å²) >= 11 is 0. The van der Waals surface area contributed by atoms with Crippen LogP contribution in [-0.4, -0.2) is 42.7 Å². The quantitative estimate of drug-likeness (QED) is 0.615. The van der Waals surface area contributed by atoms with E-state index in [0.29, 0.717) is 19.1 Å². The van der Waals surface area contributed by atoms with E-state index in [1.807, 2.05) is 20.9 Å². The molecule has 5 heteroatoms. The topological polar surface area (TPSA) is 39.7 Å². The van der Waals surface area contributed by atoms with E-state index >= 15 is 0 Å². The van der Waals surface area contributed by atoms with Crippen LogP contribution in [0.15, 0.2) is 0 Å². The highest BCUT2D eigenvalue weighted by Gasteiger charge is 2.40. The van der Waals surface area contributed by atoms with Crippen molar-refractivity contribution in [3.63, 3.8) is 0 Å². The Morgan fingerprint density at radius 3 is 2.07 bits per heavy atom. The summed E-state index contributed by atoms with van der Waals surface area (Å²) in [7, 11) is 1.23. The Bertz CT molecular complexity index is 152. The van der Waals surface area contributed by atoms with Crippen LogP contribution in [0.2, 0.25) is 6.04 Å². The molecule has 4 nitrogen and oxygen atoms in total. The Kier molecular flexibility index (Phi) is 8.27. The molecule has 0 aromatic carbocycles. The third-order valence-corrected chi connectivity index (χ3v) is 5.47. The molecule has 0 spiro atoms. The number of hydrogen-bond donors (Lipinski definition) is 1. The summed E-state index contributed by atoms with van der Waals surface area (Å²) in [5.41, 5.74) is 0. The third-order valence-electron chi connectivity index (χ3n) is 2.19. The second kappa shape index (κ2) is 8.24. The second-order valence-corrected chi connectivity index (χ2v) is 6.38. The van der Waals surface area contributed by atoms with Crippen molar-refractivity contribution in [2.45, 2.75) is 26.8 Å². The summed E-state index contributed by atoms with van der Waals surface area (Å²) in [6, 6.07) is 0.867. The van der Waals surface area contributed by atoms with Gasteiger partial charge in [0.2, 0.25) is 0 Å². The molecule has 0 aromatic heterocycles. The molecule has 0 fully saturated rings. The van der Waals surface area contributed by atoms with Crippen LogP contribution in [0.25, 0.3) is 0 Å². The maximum absolute atomic E-state index is 5.70. The first kappa shape index (κ1) is 15.1. The van der Waals surface area contributed by atoms with Crippen molar-refractivity contribution < 1.29 is 13.3 Å². The molecule has 92 valence electrons. The summed E-state index contributed by atoms with van der Waals surface area (Å²) in [4.78, 5) is 0. The molecule has 1 N–H and O–H groups in total. The van der Waals surface area contributed by atoms with Gasteiger partial charge in [-0.25, -0.2) is 0 Å². The SMILES string of the molecule is CCO[Si](CC(C)CNC)(OC)OCC. The largest absolute Gasteiger partial charge is 0.500 e. The van der Waals surface area contributed by atoms with Gasteiger partial charge in [-0.15, -0.1) is 0 Å². The molecule has 0 saturated heterocycles. The van der Waals surface area contributed by atoms with Crippen LogP contribution >= 0.6 is 0 Å². The van der Waals surface area contributed by atoms with E-state index in [2.05, 4.69) is 12.2 Å². The fourth-order valence-corrected chi connectivity index (χ4v) is 4.25. The first-order valence-corrected chi connectivity index (χ1v) is 7.54. The molecule has 0 radical (unpaired) electrons. The Labute approximate surface area is 94.7 Å². The van der Waals surface area contributed by atoms with Gasteiger partial charge in [0, 0.05) is 26.4 Å². The van der Waals surface area contributed by atoms with Crippen molar-refractivity contribution in [2.24, 2.45) is 5.92 Å². The van der Waals surface area contributed by atoms with Crippen molar-refractivity contribution in [1.29, 1.82) is 0 Å². The normalized spacial score (nSPS) is 14.2. The van der Waals surface area contributed by atoms with Crippen LogP contribution in [0, 0.1) is 5.92 Å². The standard InChI is InChI=1S/C10H25NO3Si/c1-6-13-15(12-5,14-7-2)9-10(3)8-11-4/h10-11H,6-9H2,1-5H3. The van der Waals surface area contributed by atoms with E-state index < -0.39 is 8.80 Å². The monoisotopic (exact) mass is 235 g/mol. The van der Waals surface area contributed by atoms with E-state index in [0.717, 1.165) is 12.6 Å². The minimum atomic E-state index is -2.41. The predicted molar refractivity (Wildman–Crippen MR) is 63.9 cm³/mol. The molecule has 0 saturated carbocycles. The van der Waals surface area contributed by atoms with Crippen molar-refractivity contribution in [1.82, 2.24) is 5.32 Å². The molecule has 1 atom stereocenters. The van der Waals surface area contributed by atoms with Crippen LogP contribution < -0.4 is 5.32 Å². The minimum Gasteiger partial charge on any atom is -0.377 e. The highest BCUT2D eigenvalue weighted by molar-refractivity contribution is 6.60. The molecule has 0 bridgehead atoms. The molecule has 0 aromatic rings. The Morgan fingerprint density at radius 2 is 1.73 bits per heavy atom. The smallest absolute Gasteiger partial charge is 0.377 e. The zero-order valence-corrected chi connectivity index (χ0v) is 11.6. The lowest BCUT2D eigenvalue weighted by molar-refractivity contribution is 0.0827. The lowest BCUT2D eigenvalue weighted by atomic mass is 10.2. The number of rotatable bonds is 9. The Hall–Kier alpha value is 0.0569. The molecule has 1 unspecified atom stereocenters. The van der Waals surface area contributed by atoms with Crippen LogP contribution in [0.4, 0.5) is 0 Å². The highest BCUT2D eigenvalue weighted by Crippen LogP contribution is 2.20. The maximum atomic E-state index is 5.70. The molecule has 0 aliphatic heterocycles. The van der Waals surface area contributed by atoms with Crippen LogP contribution in [0.3, 0.4) is 0 Å². The van der Waals surface area contributed by atoms with E-state index in [-0.39, 0.29) is 0 Å². The molecule has 0 amide bonds. The Balaban J connectivity index is 4.31. The summed E-state index contributed by atoms with van der Waals surface area (Å²) in [6.45, 7) is 8.37. The van der Waals surface area contributed by atoms with Crippen LogP contribution in [-0.2, 0) is 13.3 Å². The molecule has 0 aliphatic carbocycles. The van der Waals surface area contributed by atoms with E-state index in [1.165, 1.54) is 0 Å². The fraction of sp³-hybridized carbons (Fsp3) is 1.00. The average Bonchev–Trinajstić information content (AvgIpc) is 2.18. The first-order valence-electron chi connectivity index (χ1n) is 5.61. The lowest BCUT2D eigenvalue weighted by Crippen LogP contribution is -2.47. The second-order valence-electron chi connectivity index (χ2n) is 3.62. The molecule has 0 heterocycles. The average molecular weight is 235 g/mol. The predicted octanol–water partition coefficient (Wildman–Crippen LogP) is 1.50. The minimum absolute atomic E-state index is 0.500. The fourth-order valence-electron chi connectivity index (χ4n) is 1.65. The van der Waals surface area contributed by atoms with Crippen LogP contribution in [0.1, 0.15) is 20.8 Å². The van der Waals surface area contributed by atoms with Gasteiger partial charge in [-0.3, -0.25) is 0 Å². The molecular formula is C10H25NO3Si. The van der Waals surface area contributed by atoms with Gasteiger partial charge in [0.25, 0.3) is 0 Å². The van der Waals surface area contributed by atoms with Crippen molar-refractivity contribution in [3.05, 3.63) is 0 Å². The molecular weight excluding hydrogens is 210 g/mol. The molecule has 15 heavy (non-hydrogen) atoms. The molecule has 0 aliphatic rings. The van der Waals surface area contributed by atoms with Crippen molar-refractivity contribution in [2.75, 3.05) is 33.9 Å². The lowest BCUT2D eigenvalue weighted by Gasteiger charge is -2.29. The van der Waals surface area contributed by atoms with E-state index in [1.54, 1.807) is 7.11 Å². The molecule has 0 rings (SSSR count). The van der Waals surface area contributed by atoms with Gasteiger partial charge < -0.3 is 18.6 Å². The van der Waals surface area contributed by atoms with E-state index in [9.17, 15) is 0 Å². The van der Waals surface area contributed by atoms with E-state index in [4.69, 9.17) is 13.3 Å². The van der Waals surface area contributed by atoms with Gasteiger partial charge in [0.05, 0.1) is 0 Å². The first-order chi connectivity index (χ1) is 7.14. The van der Waals surface area contributed by atoms with Gasteiger partial charge in [-0.05, 0) is 33.4 Å². The van der Waals surface area contributed by atoms with Gasteiger partial charge in [-0.2, -0.15) is 0 Å². The summed E-state index contributed by atoms with van der Waals surface area (Å²) in [5, 5.41) is 3.15. The zero-order chi connectivity index (χ0) is 11.7. The Morgan fingerprint density at radius 1 is 1.20 bits per heavy atom. The maximum Gasteiger partial charge on any atom is 0.500 e. The van der Waals surface area contributed by atoms with Gasteiger partial charge in [0.1, 0.15) is 0 Å². The third kappa shape index (κ3) is 5.63. The van der Waals surface area contributed by atoms with Gasteiger partial charge >= 0.3 is 8.80 Å². The number of nitrogens with one attached hydrogen (secondary N) is 1. The van der Waals surface area contributed by atoms with Crippen molar-refractivity contribution >= 4 is 8.80 Å². The summed E-state index contributed by atoms with van der Waals surface area (Å²) in [5.74, 6) is 0.500. The summed E-state index contributed by atoms with van der Waals surface area (Å²) < 4.78 is 16.9. The van der Waals surface area contributed by atoms with Gasteiger partial charge in [0.15, 0.2) is 0 Å². The summed E-state index contributed by atoms with van der Waals surface area (Å²) in [6.07, 6.45) is 0. The highest BCUT2D eigenvalue weighted by atomic mass is 28.4. The van der Waals surface area contributed by atoms with Crippen LogP contribution in [0.5, 0.6) is 0 Å². The van der Waals surface area contributed by atoms with Crippen molar-refractivity contribution in [3.8, 4) is 0 Å². The number of hydrogen-bond acceptors (Lipinski definition) is 4. The van der Waals surface area contributed by atoms with Gasteiger partial charge in [-0.1, -0.05) is 6.92 Å².